The molecule has 1 heterocycles. The van der Waals surface area contributed by atoms with E-state index in [9.17, 15) is 0 Å². The van der Waals surface area contributed by atoms with Gasteiger partial charge in [-0.25, -0.2) is 0 Å². The van der Waals surface area contributed by atoms with E-state index >= 15 is 0 Å². The Morgan fingerprint density at radius 1 is 0.909 bits per heavy atom. The molecule has 0 bridgehead atoms. The van der Waals surface area contributed by atoms with Crippen LogP contribution in [0.4, 0.5) is 0 Å². The molecule has 1 fully saturated rings. The fraction of sp³-hybridized carbons (Fsp3) is 0.895. The maximum atomic E-state index is 5.60. The molecule has 0 aromatic rings. The summed E-state index contributed by atoms with van der Waals surface area (Å²) in [4.78, 5) is 2.72. The Bertz CT molecular complexity index is 289. The third-order valence-corrected chi connectivity index (χ3v) is 21.2. The van der Waals surface area contributed by atoms with Gasteiger partial charge >= 0.3 is 144 Å². The zero-order chi connectivity index (χ0) is 16.3. The van der Waals surface area contributed by atoms with Crippen molar-refractivity contribution < 1.29 is 4.74 Å². The summed E-state index contributed by atoms with van der Waals surface area (Å²) in [5.74, 6) is 0. The van der Waals surface area contributed by atoms with Crippen LogP contribution in [0.3, 0.4) is 0 Å². The predicted octanol–water partition coefficient (Wildman–Crippen LogP) is 5.61. The van der Waals surface area contributed by atoms with Crippen molar-refractivity contribution in [1.82, 2.24) is 4.90 Å². The first-order valence-corrected chi connectivity index (χ1v) is 17.2. The van der Waals surface area contributed by atoms with Crippen molar-refractivity contribution in [3.8, 4) is 0 Å². The van der Waals surface area contributed by atoms with Crippen molar-refractivity contribution in [3.63, 3.8) is 0 Å². The molecule has 0 amide bonds. The Hall–Kier alpha value is 0.299. The Labute approximate surface area is 143 Å². The van der Waals surface area contributed by atoms with Crippen LogP contribution in [0.5, 0.6) is 0 Å². The van der Waals surface area contributed by atoms with E-state index in [1.54, 1.807) is 13.3 Å². The first kappa shape index (κ1) is 20.3. The van der Waals surface area contributed by atoms with E-state index < -0.39 is 18.4 Å². The van der Waals surface area contributed by atoms with E-state index in [0.717, 1.165) is 26.3 Å². The zero-order valence-corrected chi connectivity index (χ0v) is 18.5. The van der Waals surface area contributed by atoms with Gasteiger partial charge < -0.3 is 0 Å². The summed E-state index contributed by atoms with van der Waals surface area (Å²) in [5.41, 5.74) is 0. The Balaban J connectivity index is 2.98. The van der Waals surface area contributed by atoms with Crippen molar-refractivity contribution in [3.05, 3.63) is 9.79 Å². The van der Waals surface area contributed by atoms with Crippen molar-refractivity contribution in [2.45, 2.75) is 79.5 Å². The maximum absolute atomic E-state index is 5.60. The van der Waals surface area contributed by atoms with Gasteiger partial charge in [0.2, 0.25) is 0 Å². The van der Waals surface area contributed by atoms with Crippen LogP contribution in [0.25, 0.3) is 0 Å². The van der Waals surface area contributed by atoms with Gasteiger partial charge in [-0.15, -0.1) is 0 Å². The molecule has 0 aromatic carbocycles. The van der Waals surface area contributed by atoms with E-state index in [0.29, 0.717) is 0 Å². The Morgan fingerprint density at radius 2 is 1.36 bits per heavy atom. The number of rotatable bonds is 11. The molecule has 22 heavy (non-hydrogen) atoms. The van der Waals surface area contributed by atoms with Gasteiger partial charge in [-0.05, 0) is 0 Å². The van der Waals surface area contributed by atoms with Crippen LogP contribution in [-0.4, -0.2) is 49.6 Å². The van der Waals surface area contributed by atoms with E-state index in [2.05, 4.69) is 38.7 Å². The van der Waals surface area contributed by atoms with Crippen LogP contribution >= 0.6 is 0 Å². The minimum absolute atomic E-state index is 0.925. The van der Waals surface area contributed by atoms with E-state index in [1.165, 1.54) is 38.5 Å². The standard InChI is InChI=1S/C7H12NO.3C4H9.Sn/c1-2-3-8-4-6-9-7-5-8;3*1-3-4-2;/h2H,4-7H2,1H3;3*1,3-4H2,2H3;. The van der Waals surface area contributed by atoms with Crippen LogP contribution < -0.4 is 0 Å². The molecule has 0 aromatic heterocycles. The Morgan fingerprint density at radius 3 is 1.73 bits per heavy atom. The number of unbranched alkanes of at least 4 members (excludes halogenated alkanes) is 3. The number of allylic oxidation sites excluding steroid dienone is 1. The molecule has 0 aliphatic carbocycles. The van der Waals surface area contributed by atoms with Crippen LogP contribution in [-0.2, 0) is 4.74 Å². The fourth-order valence-electron chi connectivity index (χ4n) is 3.93. The zero-order valence-electron chi connectivity index (χ0n) is 15.6. The third kappa shape index (κ3) is 6.07. The number of ether oxygens (including phenoxy) is 1. The summed E-state index contributed by atoms with van der Waals surface area (Å²) < 4.78 is 12.2. The molecule has 1 saturated heterocycles. The molecular formula is C19H39NOSn. The van der Waals surface area contributed by atoms with Gasteiger partial charge in [0.15, 0.2) is 0 Å². The summed E-state index contributed by atoms with van der Waals surface area (Å²) >= 11 is -2.24. The summed E-state index contributed by atoms with van der Waals surface area (Å²) in [6.07, 6.45) is 10.9. The molecule has 0 atom stereocenters. The molecule has 3 heteroatoms. The van der Waals surface area contributed by atoms with Crippen molar-refractivity contribution >= 4 is 18.4 Å². The molecule has 2 nitrogen and oxygen atoms in total. The Kier molecular flexibility index (Phi) is 10.9. The van der Waals surface area contributed by atoms with Gasteiger partial charge in [0, 0.05) is 0 Å². The fourth-order valence-corrected chi connectivity index (χ4v) is 21.4. The topological polar surface area (TPSA) is 12.5 Å². The van der Waals surface area contributed by atoms with Gasteiger partial charge in [0.25, 0.3) is 0 Å². The first-order chi connectivity index (χ1) is 10.7. The summed E-state index contributed by atoms with van der Waals surface area (Å²) in [7, 11) is 0. The van der Waals surface area contributed by atoms with Crippen LogP contribution in [0.2, 0.25) is 13.3 Å². The average Bonchev–Trinajstić information content (AvgIpc) is 2.57. The normalized spacial score (nSPS) is 17.1. The summed E-state index contributed by atoms with van der Waals surface area (Å²) in [6, 6.07) is 0. The van der Waals surface area contributed by atoms with Gasteiger partial charge in [0.1, 0.15) is 0 Å². The molecule has 1 rings (SSSR count). The molecule has 0 spiro atoms. The summed E-state index contributed by atoms with van der Waals surface area (Å²) in [6.45, 7) is 13.5. The van der Waals surface area contributed by atoms with Gasteiger partial charge in [0.05, 0.1) is 0 Å². The second kappa shape index (κ2) is 11.8. The monoisotopic (exact) mass is 417 g/mol. The summed E-state index contributed by atoms with van der Waals surface area (Å²) in [5, 5.41) is 0. The molecule has 1 aliphatic heterocycles. The first-order valence-electron chi connectivity index (χ1n) is 9.73. The second-order valence-electron chi connectivity index (χ2n) is 6.86. The molecular weight excluding hydrogens is 377 g/mol. The molecule has 1 aliphatic rings. The van der Waals surface area contributed by atoms with E-state index in [-0.39, 0.29) is 0 Å². The van der Waals surface area contributed by atoms with Crippen LogP contribution in [0.1, 0.15) is 66.2 Å². The number of morpholine rings is 1. The minimum atomic E-state index is -2.24. The third-order valence-electron chi connectivity index (χ3n) is 5.20. The van der Waals surface area contributed by atoms with E-state index in [1.807, 2.05) is 3.71 Å². The predicted molar refractivity (Wildman–Crippen MR) is 101 cm³/mol. The quantitative estimate of drug-likeness (QED) is 0.406. The van der Waals surface area contributed by atoms with Gasteiger partial charge in [-0.2, -0.15) is 0 Å². The average molecular weight is 416 g/mol. The van der Waals surface area contributed by atoms with Gasteiger partial charge in [-0.3, -0.25) is 0 Å². The van der Waals surface area contributed by atoms with Crippen LogP contribution in [0.15, 0.2) is 9.79 Å². The molecule has 0 N–H and O–H groups in total. The number of hydrogen-bond donors (Lipinski definition) is 0. The molecule has 0 unspecified atom stereocenters. The van der Waals surface area contributed by atoms with Crippen LogP contribution in [0, 0.1) is 0 Å². The van der Waals surface area contributed by atoms with Crippen molar-refractivity contribution in [2.75, 3.05) is 26.3 Å². The number of nitrogens with zero attached hydrogens (tertiary/aromatic N) is 1. The molecule has 0 saturated carbocycles. The second-order valence-corrected chi connectivity index (χ2v) is 19.9. The van der Waals surface area contributed by atoms with Gasteiger partial charge in [-0.1, -0.05) is 0 Å². The molecule has 0 radical (unpaired) electrons. The number of hydrogen-bond acceptors (Lipinski definition) is 2. The van der Waals surface area contributed by atoms with Crippen molar-refractivity contribution in [2.24, 2.45) is 0 Å². The molecule has 130 valence electrons. The SMILES string of the molecule is C/C=[C](\N1CCOCC1)[Sn]([CH2]CCC)([CH2]CCC)[CH2]CCC. The van der Waals surface area contributed by atoms with Crippen molar-refractivity contribution in [1.29, 1.82) is 0 Å². The van der Waals surface area contributed by atoms with E-state index in [4.69, 9.17) is 4.74 Å².